The van der Waals surface area contributed by atoms with Gasteiger partial charge in [-0.05, 0) is 52.9 Å². The molecule has 0 saturated carbocycles. The fourth-order valence-electron chi connectivity index (χ4n) is 4.51. The summed E-state index contributed by atoms with van der Waals surface area (Å²) in [5, 5.41) is 17.5. The molecule has 1 aliphatic heterocycles. The molecule has 3 rings (SSSR count). The van der Waals surface area contributed by atoms with Crippen LogP contribution in [0.15, 0.2) is 52.4 Å². The molecule has 2 aromatic rings. The van der Waals surface area contributed by atoms with Crippen LogP contribution in [0.25, 0.3) is 11.1 Å². The maximum Gasteiger partial charge on any atom is 0.416 e. The maximum absolute atomic E-state index is 14.1. The maximum atomic E-state index is 14.1. The van der Waals surface area contributed by atoms with Gasteiger partial charge < -0.3 is 0 Å². The van der Waals surface area contributed by atoms with Gasteiger partial charge in [0.25, 0.3) is 0 Å². The molecule has 3 atom stereocenters. The number of hydrogen-bond donors (Lipinski definition) is 0. The average Bonchev–Trinajstić information content (AvgIpc) is 2.79. The van der Waals surface area contributed by atoms with Crippen molar-refractivity contribution < 1.29 is 39.5 Å². The van der Waals surface area contributed by atoms with E-state index in [1.807, 2.05) is 0 Å². The second-order valence-corrected chi connectivity index (χ2v) is 9.81. The fraction of sp³-hybridized carbons (Fsp3) is 0.360. The monoisotopic (exact) mass is 548 g/mol. The summed E-state index contributed by atoms with van der Waals surface area (Å²) in [4.78, 5) is 0.211. The van der Waals surface area contributed by atoms with Crippen LogP contribution in [0.4, 0.5) is 39.5 Å². The fourth-order valence-corrected chi connectivity index (χ4v) is 5.90. The smallest absolute Gasteiger partial charge is 0.192 e. The molecule has 0 aromatic heterocycles. The van der Waals surface area contributed by atoms with E-state index in [0.29, 0.717) is 12.1 Å². The van der Waals surface area contributed by atoms with Gasteiger partial charge in [0, 0.05) is 16.1 Å². The summed E-state index contributed by atoms with van der Waals surface area (Å²) in [5.74, 6) is -3.40. The number of benzene rings is 2. The summed E-state index contributed by atoms with van der Waals surface area (Å²) in [7, 11) is 0. The van der Waals surface area contributed by atoms with Crippen LogP contribution < -0.4 is 0 Å². The van der Waals surface area contributed by atoms with Crippen molar-refractivity contribution in [2.75, 3.05) is 0 Å². The number of thioether (sulfide) groups is 1. The predicted octanol–water partition coefficient (Wildman–Crippen LogP) is 8.90. The number of fused-ring (bicyclic) bond motifs is 1. The molecular formula is C25H17F9N2S. The Bertz CT molecular complexity index is 1260. The van der Waals surface area contributed by atoms with Gasteiger partial charge >= 0.3 is 18.5 Å². The second kappa shape index (κ2) is 9.97. The molecule has 12 heteroatoms. The highest BCUT2D eigenvalue weighted by atomic mass is 32.2. The molecule has 37 heavy (non-hydrogen) atoms. The lowest BCUT2D eigenvalue weighted by Crippen LogP contribution is -2.39. The number of alkyl halides is 9. The minimum absolute atomic E-state index is 0.00762. The number of nitrogens with zero attached hydrogens (tertiary/aromatic N) is 2. The molecule has 0 fully saturated rings. The van der Waals surface area contributed by atoms with Gasteiger partial charge in [-0.3, -0.25) is 0 Å². The van der Waals surface area contributed by atoms with Gasteiger partial charge in [-0.25, -0.2) is 0 Å². The van der Waals surface area contributed by atoms with Crippen LogP contribution in [0.2, 0.25) is 0 Å². The van der Waals surface area contributed by atoms with Crippen LogP contribution in [0.3, 0.4) is 0 Å². The highest BCUT2D eigenvalue weighted by Crippen LogP contribution is 2.55. The van der Waals surface area contributed by atoms with Gasteiger partial charge in [-0.2, -0.15) is 50.0 Å². The van der Waals surface area contributed by atoms with E-state index >= 15 is 0 Å². The Morgan fingerprint density at radius 2 is 1.38 bits per heavy atom. The molecule has 2 aromatic carbocycles. The van der Waals surface area contributed by atoms with Crippen molar-refractivity contribution in [2.45, 2.75) is 54.9 Å². The highest BCUT2D eigenvalue weighted by Gasteiger charge is 2.52. The molecule has 196 valence electrons. The molecule has 0 spiro atoms. The predicted molar refractivity (Wildman–Crippen MR) is 118 cm³/mol. The SMILES string of the molecule is CCC(=C(C#N)C#N)C1c2ccc(-c3cc(C(F)(F)F)cc(C(F)(F)F)c3)cc2S[C@H](C)C1C(F)(F)F. The topological polar surface area (TPSA) is 47.6 Å². The third kappa shape index (κ3) is 5.74. The molecule has 1 aliphatic rings. The van der Waals surface area contributed by atoms with Crippen LogP contribution in [0.5, 0.6) is 0 Å². The first-order valence-corrected chi connectivity index (χ1v) is 11.6. The van der Waals surface area contributed by atoms with E-state index in [9.17, 15) is 50.0 Å². The lowest BCUT2D eigenvalue weighted by atomic mass is 9.75. The third-order valence-corrected chi connectivity index (χ3v) is 7.40. The number of halogens is 9. The first-order valence-electron chi connectivity index (χ1n) is 10.7. The molecule has 0 saturated heterocycles. The van der Waals surface area contributed by atoms with Crippen molar-refractivity contribution in [3.63, 3.8) is 0 Å². The van der Waals surface area contributed by atoms with Crippen LogP contribution in [-0.4, -0.2) is 11.4 Å². The van der Waals surface area contributed by atoms with Crippen molar-refractivity contribution >= 4 is 11.8 Å². The first kappa shape index (κ1) is 28.5. The average molecular weight is 548 g/mol. The molecule has 2 unspecified atom stereocenters. The zero-order chi connectivity index (χ0) is 27.9. The van der Waals surface area contributed by atoms with E-state index in [0.717, 1.165) is 17.8 Å². The van der Waals surface area contributed by atoms with Crippen LogP contribution in [-0.2, 0) is 12.4 Å². The Balaban J connectivity index is 2.28. The third-order valence-electron chi connectivity index (χ3n) is 6.13. The largest absolute Gasteiger partial charge is 0.416 e. The second-order valence-electron chi connectivity index (χ2n) is 8.39. The van der Waals surface area contributed by atoms with Gasteiger partial charge in [0.1, 0.15) is 17.7 Å². The van der Waals surface area contributed by atoms with Crippen LogP contribution in [0.1, 0.15) is 42.9 Å². The lowest BCUT2D eigenvalue weighted by molar-refractivity contribution is -0.178. The summed E-state index contributed by atoms with van der Waals surface area (Å²) < 4.78 is 122. The zero-order valence-electron chi connectivity index (χ0n) is 19.1. The molecular weight excluding hydrogens is 531 g/mol. The van der Waals surface area contributed by atoms with E-state index in [2.05, 4.69) is 0 Å². The standard InChI is InChI=1S/C25H17F9N2S/c1-3-18(15(10-35)11-36)21-19-5-4-13(8-20(19)37-12(2)22(21)25(32,33)34)14-6-16(23(26,27)28)9-17(7-14)24(29,30)31/h4-9,12,21-22H,3H2,1-2H3/t12-,21?,22?/m1/s1. The molecule has 0 bridgehead atoms. The molecule has 0 aliphatic carbocycles. The zero-order valence-corrected chi connectivity index (χ0v) is 19.9. The minimum atomic E-state index is -5.07. The van der Waals surface area contributed by atoms with Crippen LogP contribution in [0, 0.1) is 28.6 Å². The number of rotatable bonds is 3. The van der Waals surface area contributed by atoms with E-state index in [4.69, 9.17) is 0 Å². The summed E-state index contributed by atoms with van der Waals surface area (Å²) in [6, 6.07) is 7.95. The van der Waals surface area contributed by atoms with Crippen molar-refractivity contribution in [3.8, 4) is 23.3 Å². The summed E-state index contributed by atoms with van der Waals surface area (Å²) in [6.45, 7) is 2.79. The number of allylic oxidation sites excluding steroid dienone is 2. The molecule has 0 amide bonds. The van der Waals surface area contributed by atoms with Crippen molar-refractivity contribution in [2.24, 2.45) is 5.92 Å². The van der Waals surface area contributed by atoms with Gasteiger partial charge in [0.2, 0.25) is 0 Å². The van der Waals surface area contributed by atoms with Gasteiger partial charge in [-0.1, -0.05) is 26.0 Å². The van der Waals surface area contributed by atoms with E-state index < -0.39 is 57.9 Å². The van der Waals surface area contributed by atoms with Crippen LogP contribution >= 0.6 is 11.8 Å². The highest BCUT2D eigenvalue weighted by molar-refractivity contribution is 8.00. The van der Waals surface area contributed by atoms with Crippen molar-refractivity contribution in [1.82, 2.24) is 0 Å². The van der Waals surface area contributed by atoms with Crippen molar-refractivity contribution in [3.05, 3.63) is 64.2 Å². The van der Waals surface area contributed by atoms with E-state index in [1.165, 1.54) is 26.0 Å². The summed E-state index contributed by atoms with van der Waals surface area (Å²) in [5.41, 5.74) is -3.91. The Morgan fingerprint density at radius 1 is 0.838 bits per heavy atom. The molecule has 0 radical (unpaired) electrons. The Hall–Kier alpha value is -3.12. The van der Waals surface area contributed by atoms with Crippen molar-refractivity contribution in [1.29, 1.82) is 10.5 Å². The molecule has 0 N–H and O–H groups in total. The molecule has 2 nitrogen and oxygen atoms in total. The molecule has 1 heterocycles. The Labute approximate surface area is 210 Å². The number of hydrogen-bond acceptors (Lipinski definition) is 3. The van der Waals surface area contributed by atoms with E-state index in [1.54, 1.807) is 12.1 Å². The normalized spacial score (nSPS) is 20.0. The van der Waals surface area contributed by atoms with E-state index in [-0.39, 0.29) is 34.1 Å². The van der Waals surface area contributed by atoms with Gasteiger partial charge in [0.15, 0.2) is 0 Å². The Morgan fingerprint density at radius 3 is 1.81 bits per heavy atom. The number of nitriles is 2. The lowest BCUT2D eigenvalue weighted by Gasteiger charge is -2.40. The quantitative estimate of drug-likeness (QED) is 0.284. The van der Waals surface area contributed by atoms with Gasteiger partial charge in [-0.15, -0.1) is 11.8 Å². The summed E-state index contributed by atoms with van der Waals surface area (Å²) >= 11 is 0.781. The van der Waals surface area contributed by atoms with Gasteiger partial charge in [0.05, 0.1) is 17.0 Å². The summed E-state index contributed by atoms with van der Waals surface area (Å²) in [6.07, 6.45) is -14.9. The first-order chi connectivity index (χ1) is 17.0. The Kier molecular flexibility index (Phi) is 7.67. The minimum Gasteiger partial charge on any atom is -0.192 e.